The quantitative estimate of drug-likeness (QED) is 0.771. The Kier molecular flexibility index (Phi) is 5.54. The van der Waals surface area contributed by atoms with Gasteiger partial charge in [0.05, 0.1) is 23.8 Å². The van der Waals surface area contributed by atoms with Crippen LogP contribution in [-0.4, -0.2) is 22.0 Å². The van der Waals surface area contributed by atoms with E-state index in [0.717, 1.165) is 10.5 Å². The molecule has 2 unspecified atom stereocenters. The summed E-state index contributed by atoms with van der Waals surface area (Å²) in [4.78, 5) is 12.1. The van der Waals surface area contributed by atoms with Crippen molar-refractivity contribution in [3.05, 3.63) is 29.3 Å². The Morgan fingerprint density at radius 1 is 1.33 bits per heavy atom. The molecule has 0 radical (unpaired) electrons. The number of hydrogen-bond donors (Lipinski definition) is 0. The third kappa shape index (κ3) is 3.95. The average molecular weight is 268 g/mol. The van der Waals surface area contributed by atoms with Crippen LogP contribution in [0, 0.1) is 13.8 Å². The summed E-state index contributed by atoms with van der Waals surface area (Å²) in [5.74, 6) is -0.290. The fraction of sp³-hybridized carbons (Fsp3) is 0.500. The normalized spacial score (nSPS) is 14.0. The maximum atomic E-state index is 12.3. The van der Waals surface area contributed by atoms with E-state index in [1.54, 1.807) is 6.92 Å². The Morgan fingerprint density at radius 3 is 2.56 bits per heavy atom. The lowest BCUT2D eigenvalue weighted by Crippen LogP contribution is -2.18. The van der Waals surface area contributed by atoms with Crippen LogP contribution in [0.5, 0.6) is 0 Å². The van der Waals surface area contributed by atoms with Gasteiger partial charge in [-0.15, -0.1) is 0 Å². The predicted octanol–water partition coefficient (Wildman–Crippen LogP) is 2.75. The van der Waals surface area contributed by atoms with Crippen LogP contribution in [0.1, 0.15) is 31.4 Å². The summed E-state index contributed by atoms with van der Waals surface area (Å²) in [6, 6.07) is 5.74. The molecule has 0 bridgehead atoms. The van der Waals surface area contributed by atoms with Crippen LogP contribution in [-0.2, 0) is 20.3 Å². The molecule has 0 saturated heterocycles. The molecule has 100 valence electrons. The van der Waals surface area contributed by atoms with Gasteiger partial charge in [-0.25, -0.2) is 0 Å². The lowest BCUT2D eigenvalue weighted by molar-refractivity contribution is -0.143. The summed E-state index contributed by atoms with van der Waals surface area (Å²) in [6.07, 6.45) is 0.188. The number of ether oxygens (including phenoxy) is 1. The third-order valence-corrected chi connectivity index (χ3v) is 4.45. The van der Waals surface area contributed by atoms with E-state index in [0.29, 0.717) is 6.61 Å². The fourth-order valence-electron chi connectivity index (χ4n) is 1.60. The van der Waals surface area contributed by atoms with E-state index in [-0.39, 0.29) is 17.6 Å². The summed E-state index contributed by atoms with van der Waals surface area (Å²) >= 11 is 0. The van der Waals surface area contributed by atoms with E-state index < -0.39 is 10.8 Å². The van der Waals surface area contributed by atoms with Crippen LogP contribution in [0.25, 0.3) is 0 Å². The summed E-state index contributed by atoms with van der Waals surface area (Å²) in [5, 5.41) is -0.230. The summed E-state index contributed by atoms with van der Waals surface area (Å²) in [5.41, 5.74) is 2.29. The number of aryl methyl sites for hydroxylation is 2. The number of benzene rings is 1. The standard InChI is InChI=1S/C14H20O3S/c1-5-17-14(15)9-12(4)18(16)13-7-6-10(2)11(3)8-13/h6-8,12H,5,9H2,1-4H3. The summed E-state index contributed by atoms with van der Waals surface area (Å²) < 4.78 is 17.1. The fourth-order valence-corrected chi connectivity index (χ4v) is 2.85. The van der Waals surface area contributed by atoms with Crippen molar-refractivity contribution in [2.75, 3.05) is 6.61 Å². The molecule has 0 aromatic heterocycles. The molecule has 1 aromatic carbocycles. The first-order valence-corrected chi connectivity index (χ1v) is 7.30. The highest BCUT2D eigenvalue weighted by Gasteiger charge is 2.18. The average Bonchev–Trinajstić information content (AvgIpc) is 2.32. The van der Waals surface area contributed by atoms with Gasteiger partial charge in [0.25, 0.3) is 0 Å². The van der Waals surface area contributed by atoms with E-state index >= 15 is 0 Å². The van der Waals surface area contributed by atoms with Crippen LogP contribution in [0.3, 0.4) is 0 Å². The minimum atomic E-state index is -1.17. The minimum absolute atomic E-state index is 0.188. The van der Waals surface area contributed by atoms with Gasteiger partial charge in [0.15, 0.2) is 0 Å². The maximum absolute atomic E-state index is 12.3. The van der Waals surface area contributed by atoms with Gasteiger partial charge < -0.3 is 4.74 Å². The Bertz CT molecular complexity index is 454. The van der Waals surface area contributed by atoms with Crippen LogP contribution in [0.15, 0.2) is 23.1 Å². The predicted molar refractivity (Wildman–Crippen MR) is 73.0 cm³/mol. The SMILES string of the molecule is CCOC(=O)CC(C)S(=O)c1ccc(C)c(C)c1. The Labute approximate surface area is 111 Å². The first kappa shape index (κ1) is 14.9. The van der Waals surface area contributed by atoms with Crippen molar-refractivity contribution in [3.63, 3.8) is 0 Å². The van der Waals surface area contributed by atoms with Crippen LogP contribution >= 0.6 is 0 Å². The minimum Gasteiger partial charge on any atom is -0.466 e. The zero-order chi connectivity index (χ0) is 13.7. The molecule has 0 aliphatic carbocycles. The molecule has 2 atom stereocenters. The van der Waals surface area contributed by atoms with E-state index in [9.17, 15) is 9.00 Å². The van der Waals surface area contributed by atoms with E-state index in [2.05, 4.69) is 0 Å². The van der Waals surface area contributed by atoms with E-state index in [1.807, 2.05) is 39.0 Å². The molecule has 0 spiro atoms. The van der Waals surface area contributed by atoms with Crippen molar-refractivity contribution in [1.82, 2.24) is 0 Å². The molecule has 0 heterocycles. The Hall–Kier alpha value is -1.16. The Morgan fingerprint density at radius 2 is 2.00 bits per heavy atom. The van der Waals surface area contributed by atoms with Gasteiger partial charge in [-0.2, -0.15) is 0 Å². The van der Waals surface area contributed by atoms with E-state index in [1.165, 1.54) is 5.56 Å². The van der Waals surface area contributed by atoms with Crippen LogP contribution in [0.2, 0.25) is 0 Å². The van der Waals surface area contributed by atoms with Crippen molar-refractivity contribution in [2.45, 2.75) is 44.3 Å². The van der Waals surface area contributed by atoms with Gasteiger partial charge in [-0.05, 0) is 51.0 Å². The number of carbonyl (C=O) groups excluding carboxylic acids is 1. The van der Waals surface area contributed by atoms with Crippen molar-refractivity contribution in [3.8, 4) is 0 Å². The molecule has 0 amide bonds. The van der Waals surface area contributed by atoms with E-state index in [4.69, 9.17) is 4.74 Å². The van der Waals surface area contributed by atoms with Gasteiger partial charge >= 0.3 is 5.97 Å². The second-order valence-corrected chi connectivity index (χ2v) is 6.23. The van der Waals surface area contributed by atoms with Crippen molar-refractivity contribution in [2.24, 2.45) is 0 Å². The zero-order valence-electron chi connectivity index (χ0n) is 11.4. The first-order chi connectivity index (χ1) is 8.45. The highest BCUT2D eigenvalue weighted by atomic mass is 32.2. The number of rotatable bonds is 5. The molecule has 3 nitrogen and oxygen atoms in total. The van der Waals surface area contributed by atoms with Crippen molar-refractivity contribution < 1.29 is 13.7 Å². The monoisotopic (exact) mass is 268 g/mol. The highest BCUT2D eigenvalue weighted by molar-refractivity contribution is 7.85. The van der Waals surface area contributed by atoms with Crippen LogP contribution < -0.4 is 0 Å². The van der Waals surface area contributed by atoms with Gasteiger partial charge in [-0.1, -0.05) is 6.07 Å². The maximum Gasteiger partial charge on any atom is 0.306 e. The van der Waals surface area contributed by atoms with Gasteiger partial charge in [0.2, 0.25) is 0 Å². The highest BCUT2D eigenvalue weighted by Crippen LogP contribution is 2.17. The first-order valence-electron chi connectivity index (χ1n) is 6.09. The molecular weight excluding hydrogens is 248 g/mol. The molecule has 0 N–H and O–H groups in total. The topological polar surface area (TPSA) is 43.4 Å². The molecule has 0 saturated carbocycles. The number of esters is 1. The molecule has 0 fully saturated rings. The lowest BCUT2D eigenvalue weighted by atomic mass is 10.1. The van der Waals surface area contributed by atoms with Crippen molar-refractivity contribution in [1.29, 1.82) is 0 Å². The zero-order valence-corrected chi connectivity index (χ0v) is 12.2. The number of hydrogen-bond acceptors (Lipinski definition) is 3. The third-order valence-electron chi connectivity index (χ3n) is 2.84. The molecule has 0 aliphatic rings. The smallest absolute Gasteiger partial charge is 0.306 e. The summed E-state index contributed by atoms with van der Waals surface area (Å²) in [7, 11) is -1.17. The molecule has 4 heteroatoms. The largest absolute Gasteiger partial charge is 0.466 e. The molecular formula is C14H20O3S. The lowest BCUT2D eigenvalue weighted by Gasteiger charge is -2.12. The second kappa shape index (κ2) is 6.69. The molecule has 0 aliphatic heterocycles. The number of carbonyl (C=O) groups is 1. The molecule has 1 aromatic rings. The van der Waals surface area contributed by atoms with Crippen molar-refractivity contribution >= 4 is 16.8 Å². The summed E-state index contributed by atoms with van der Waals surface area (Å²) in [6.45, 7) is 7.95. The van der Waals surface area contributed by atoms with Gasteiger partial charge in [0.1, 0.15) is 0 Å². The Balaban J connectivity index is 2.74. The van der Waals surface area contributed by atoms with Crippen LogP contribution in [0.4, 0.5) is 0 Å². The molecule has 18 heavy (non-hydrogen) atoms. The molecule has 1 rings (SSSR count). The second-order valence-electron chi connectivity index (χ2n) is 4.36. The van der Waals surface area contributed by atoms with Gasteiger partial charge in [-0.3, -0.25) is 9.00 Å². The van der Waals surface area contributed by atoms with Gasteiger partial charge in [0, 0.05) is 10.1 Å².